The number of carbonyl (C=O) groups is 2. The van der Waals surface area contributed by atoms with Crippen molar-refractivity contribution in [3.8, 4) is 0 Å². The van der Waals surface area contributed by atoms with Gasteiger partial charge in [0.05, 0.1) is 18.6 Å². The van der Waals surface area contributed by atoms with Gasteiger partial charge in [0, 0.05) is 12.0 Å². The van der Waals surface area contributed by atoms with Crippen LogP contribution in [0.5, 0.6) is 0 Å². The Morgan fingerprint density at radius 3 is 2.32 bits per heavy atom. The molecule has 3 N–H and O–H groups in total. The first-order valence-electron chi connectivity index (χ1n) is 10.2. The molecule has 2 fully saturated rings. The lowest BCUT2D eigenvalue weighted by Gasteiger charge is -2.43. The molecule has 3 unspecified atom stereocenters. The van der Waals surface area contributed by atoms with E-state index in [4.69, 9.17) is 10.5 Å². The number of rotatable bonds is 6. The lowest BCUT2D eigenvalue weighted by Crippen LogP contribution is -2.49. The highest BCUT2D eigenvalue weighted by Crippen LogP contribution is 2.42. The molecule has 1 amide bonds. The topological polar surface area (TPSA) is 81.4 Å². The van der Waals surface area contributed by atoms with Crippen molar-refractivity contribution in [3.63, 3.8) is 0 Å². The smallest absolute Gasteiger partial charge is 0.308 e. The van der Waals surface area contributed by atoms with E-state index in [2.05, 4.69) is 5.32 Å². The summed E-state index contributed by atoms with van der Waals surface area (Å²) in [6.45, 7) is 3.66. The van der Waals surface area contributed by atoms with E-state index >= 15 is 0 Å². The van der Waals surface area contributed by atoms with Crippen LogP contribution < -0.4 is 11.1 Å². The highest BCUT2D eigenvalue weighted by Gasteiger charge is 2.41. The average Bonchev–Trinajstić information content (AvgIpc) is 2.61. The number of nitrogens with two attached hydrogens (primary N) is 1. The Hall–Kier alpha value is -1.59. The van der Waals surface area contributed by atoms with Gasteiger partial charge in [-0.15, -0.1) is 12.4 Å². The van der Waals surface area contributed by atoms with Crippen LogP contribution in [0.15, 0.2) is 30.3 Å². The van der Waals surface area contributed by atoms with E-state index in [0.29, 0.717) is 11.8 Å². The second-order valence-corrected chi connectivity index (χ2v) is 8.41. The molecule has 0 aliphatic heterocycles. The quantitative estimate of drug-likeness (QED) is 0.702. The van der Waals surface area contributed by atoms with Crippen LogP contribution in [0.25, 0.3) is 0 Å². The fourth-order valence-electron chi connectivity index (χ4n) is 4.71. The molecule has 0 spiro atoms. The fourth-order valence-corrected chi connectivity index (χ4v) is 4.71. The van der Waals surface area contributed by atoms with Gasteiger partial charge in [0.15, 0.2) is 0 Å². The molecule has 3 atom stereocenters. The molecule has 28 heavy (non-hydrogen) atoms. The summed E-state index contributed by atoms with van der Waals surface area (Å²) in [6, 6.07) is 9.55. The number of esters is 1. The van der Waals surface area contributed by atoms with Crippen LogP contribution in [0.1, 0.15) is 64.0 Å². The SMILES string of the molecule is CC(C)OC(=O)CC(NC(=O)C1CC2CCCC(C1)C2N)c1ccccc1.Cl. The summed E-state index contributed by atoms with van der Waals surface area (Å²) >= 11 is 0. The van der Waals surface area contributed by atoms with Crippen LogP contribution in [0, 0.1) is 17.8 Å². The Morgan fingerprint density at radius 2 is 1.75 bits per heavy atom. The summed E-state index contributed by atoms with van der Waals surface area (Å²) in [5.41, 5.74) is 7.29. The Labute approximate surface area is 174 Å². The molecular formula is C22H33ClN2O3. The van der Waals surface area contributed by atoms with E-state index in [1.807, 2.05) is 44.2 Å². The summed E-state index contributed by atoms with van der Waals surface area (Å²) in [5.74, 6) is 0.655. The minimum atomic E-state index is -0.361. The summed E-state index contributed by atoms with van der Waals surface area (Å²) in [5, 5.41) is 3.13. The van der Waals surface area contributed by atoms with Crippen LogP contribution in [-0.4, -0.2) is 24.0 Å². The number of amides is 1. The third-order valence-corrected chi connectivity index (χ3v) is 6.04. The fraction of sp³-hybridized carbons (Fsp3) is 0.636. The molecule has 2 saturated carbocycles. The Kier molecular flexibility index (Phi) is 8.32. The molecular weight excluding hydrogens is 376 g/mol. The molecule has 0 heterocycles. The Morgan fingerprint density at radius 1 is 1.14 bits per heavy atom. The summed E-state index contributed by atoms with van der Waals surface area (Å²) < 4.78 is 5.30. The van der Waals surface area contributed by atoms with Gasteiger partial charge in [0.25, 0.3) is 0 Å². The number of hydrogen-bond acceptors (Lipinski definition) is 4. The summed E-state index contributed by atoms with van der Waals surface area (Å²) in [4.78, 5) is 25.2. The van der Waals surface area contributed by atoms with Gasteiger partial charge in [-0.1, -0.05) is 36.8 Å². The molecule has 3 rings (SSSR count). The molecule has 5 nitrogen and oxygen atoms in total. The van der Waals surface area contributed by atoms with Crippen LogP contribution >= 0.6 is 12.4 Å². The largest absolute Gasteiger partial charge is 0.463 e. The lowest BCUT2D eigenvalue weighted by molar-refractivity contribution is -0.148. The predicted molar refractivity (Wildman–Crippen MR) is 112 cm³/mol. The normalized spacial score (nSPS) is 27.4. The zero-order chi connectivity index (χ0) is 19.4. The number of ether oxygens (including phenoxy) is 1. The molecule has 0 radical (unpaired) electrons. The van der Waals surface area contributed by atoms with Gasteiger partial charge in [-0.25, -0.2) is 0 Å². The van der Waals surface area contributed by atoms with E-state index in [0.717, 1.165) is 31.2 Å². The number of carbonyl (C=O) groups excluding carboxylic acids is 2. The standard InChI is InChI=1S/C22H32N2O3.ClH/c1-14(2)27-20(25)13-19(15-7-4-3-5-8-15)24-22(26)18-11-16-9-6-10-17(12-18)21(16)23;/h3-5,7-8,14,16-19,21H,6,9-13,23H2,1-2H3,(H,24,26);1H. The van der Waals surface area contributed by atoms with Crippen LogP contribution in [0.4, 0.5) is 0 Å². The number of nitrogens with one attached hydrogen (secondary N) is 1. The number of halogens is 1. The van der Waals surface area contributed by atoms with Crippen molar-refractivity contribution >= 4 is 24.3 Å². The third kappa shape index (κ3) is 5.71. The molecule has 2 aliphatic rings. The van der Waals surface area contributed by atoms with E-state index in [1.54, 1.807) is 0 Å². The molecule has 2 aliphatic carbocycles. The van der Waals surface area contributed by atoms with Crippen molar-refractivity contribution < 1.29 is 14.3 Å². The molecule has 1 aromatic rings. The number of fused-ring (bicyclic) bond motifs is 2. The first-order valence-corrected chi connectivity index (χ1v) is 10.2. The van der Waals surface area contributed by atoms with E-state index in [9.17, 15) is 9.59 Å². The van der Waals surface area contributed by atoms with E-state index in [1.165, 1.54) is 6.42 Å². The maximum absolute atomic E-state index is 13.0. The molecule has 156 valence electrons. The van der Waals surface area contributed by atoms with Gasteiger partial charge in [0.1, 0.15) is 0 Å². The van der Waals surface area contributed by atoms with Crippen molar-refractivity contribution in [3.05, 3.63) is 35.9 Å². The maximum Gasteiger partial charge on any atom is 0.308 e. The monoisotopic (exact) mass is 408 g/mol. The molecule has 0 aromatic heterocycles. The number of hydrogen-bond donors (Lipinski definition) is 2. The zero-order valence-electron chi connectivity index (χ0n) is 16.8. The zero-order valence-corrected chi connectivity index (χ0v) is 17.6. The van der Waals surface area contributed by atoms with Crippen LogP contribution in [0.2, 0.25) is 0 Å². The van der Waals surface area contributed by atoms with Gasteiger partial charge >= 0.3 is 5.97 Å². The highest BCUT2D eigenvalue weighted by atomic mass is 35.5. The van der Waals surface area contributed by atoms with Crippen LogP contribution in [0.3, 0.4) is 0 Å². The molecule has 6 heteroatoms. The average molecular weight is 409 g/mol. The summed E-state index contributed by atoms with van der Waals surface area (Å²) in [6.07, 6.45) is 5.19. The van der Waals surface area contributed by atoms with Gasteiger partial charge in [0.2, 0.25) is 5.91 Å². The second-order valence-electron chi connectivity index (χ2n) is 8.41. The van der Waals surface area contributed by atoms with Crippen molar-refractivity contribution in [2.45, 2.75) is 70.6 Å². The van der Waals surface area contributed by atoms with Crippen molar-refractivity contribution in [1.82, 2.24) is 5.32 Å². The molecule has 0 saturated heterocycles. The van der Waals surface area contributed by atoms with Crippen LogP contribution in [-0.2, 0) is 14.3 Å². The Bertz CT molecular complexity index is 638. The van der Waals surface area contributed by atoms with Gasteiger partial charge in [-0.3, -0.25) is 9.59 Å². The lowest BCUT2D eigenvalue weighted by atomic mass is 9.65. The Balaban J connectivity index is 0.00000280. The van der Waals surface area contributed by atoms with Crippen molar-refractivity contribution in [2.24, 2.45) is 23.5 Å². The van der Waals surface area contributed by atoms with Gasteiger partial charge in [-0.2, -0.15) is 0 Å². The summed E-state index contributed by atoms with van der Waals surface area (Å²) in [7, 11) is 0. The first kappa shape index (κ1) is 22.7. The molecule has 2 bridgehead atoms. The van der Waals surface area contributed by atoms with Crippen molar-refractivity contribution in [2.75, 3.05) is 0 Å². The molecule has 1 aromatic carbocycles. The highest BCUT2D eigenvalue weighted by molar-refractivity contribution is 5.85. The van der Waals surface area contributed by atoms with Gasteiger partial charge < -0.3 is 15.8 Å². The predicted octanol–water partition coefficient (Wildman–Crippen LogP) is 3.76. The van der Waals surface area contributed by atoms with E-state index < -0.39 is 0 Å². The minimum absolute atomic E-state index is 0. The number of benzene rings is 1. The third-order valence-electron chi connectivity index (χ3n) is 6.04. The second kappa shape index (κ2) is 10.3. The van der Waals surface area contributed by atoms with Gasteiger partial charge in [-0.05, 0) is 56.9 Å². The maximum atomic E-state index is 13.0. The van der Waals surface area contributed by atoms with E-state index in [-0.39, 0.29) is 54.8 Å². The first-order chi connectivity index (χ1) is 12.9. The minimum Gasteiger partial charge on any atom is -0.463 e. The van der Waals surface area contributed by atoms with Crippen molar-refractivity contribution in [1.29, 1.82) is 0 Å².